The minimum Gasteiger partial charge on any atom is -0.508 e. The Labute approximate surface area is 245 Å². The molecule has 0 fully saturated rings. The highest BCUT2D eigenvalue weighted by molar-refractivity contribution is 5.56. The topological polar surface area (TPSA) is 131 Å². The first-order valence-corrected chi connectivity index (χ1v) is 14.2. The van der Waals surface area contributed by atoms with Gasteiger partial charge in [0.15, 0.2) is 0 Å². The Kier molecular flexibility index (Phi) is 7.17. The van der Waals surface area contributed by atoms with E-state index in [1.807, 2.05) is 32.0 Å². The lowest BCUT2D eigenvalue weighted by Crippen LogP contribution is -2.50. The summed E-state index contributed by atoms with van der Waals surface area (Å²) in [4.78, 5) is 0. The summed E-state index contributed by atoms with van der Waals surface area (Å²) >= 11 is 0. The van der Waals surface area contributed by atoms with Gasteiger partial charge in [-0.3, -0.25) is 0 Å². The Morgan fingerprint density at radius 1 is 0.643 bits per heavy atom. The number of rotatable bonds is 6. The second-order valence-corrected chi connectivity index (χ2v) is 12.0. The quantitative estimate of drug-likeness (QED) is 0.147. The standard InChI is InChI=1S/C35H38O7/c1-6-34(4)20(3)35(5,26-10-7-19(2)11-32(26)41)42-33-18-31(40)24(15-27(33)34)14-23-13-22(29(38)17-30(23)39)12-21-8-9-25(36)16-28(21)37/h7-11,13,15-18,20,36-41H,6,12,14H2,1-5H3. The molecular weight excluding hydrogens is 532 g/mol. The van der Waals surface area contributed by atoms with Crippen LogP contribution in [0.1, 0.15) is 73.1 Å². The molecule has 0 amide bonds. The maximum absolute atomic E-state index is 11.2. The molecule has 3 unspecified atom stereocenters. The van der Waals surface area contributed by atoms with Crippen LogP contribution in [-0.4, -0.2) is 30.6 Å². The van der Waals surface area contributed by atoms with Gasteiger partial charge < -0.3 is 35.4 Å². The molecule has 1 heterocycles. The molecule has 0 saturated heterocycles. The third-order valence-electron chi connectivity index (χ3n) is 9.43. The minimum atomic E-state index is -0.854. The van der Waals surface area contributed by atoms with E-state index in [0.29, 0.717) is 33.6 Å². The van der Waals surface area contributed by atoms with Crippen molar-refractivity contribution in [2.45, 2.75) is 64.9 Å². The predicted octanol–water partition coefficient (Wildman–Crippen LogP) is 7.02. The zero-order valence-corrected chi connectivity index (χ0v) is 24.6. The van der Waals surface area contributed by atoms with E-state index in [9.17, 15) is 30.6 Å². The van der Waals surface area contributed by atoms with E-state index < -0.39 is 5.60 Å². The van der Waals surface area contributed by atoms with Gasteiger partial charge in [0.1, 0.15) is 45.8 Å². The molecule has 4 aromatic carbocycles. The molecule has 5 rings (SSSR count). The molecule has 220 valence electrons. The summed E-state index contributed by atoms with van der Waals surface area (Å²) < 4.78 is 6.62. The van der Waals surface area contributed by atoms with Crippen molar-refractivity contribution in [3.05, 3.63) is 99.6 Å². The van der Waals surface area contributed by atoms with Crippen LogP contribution >= 0.6 is 0 Å². The zero-order valence-electron chi connectivity index (χ0n) is 24.6. The van der Waals surface area contributed by atoms with E-state index in [0.717, 1.165) is 17.5 Å². The van der Waals surface area contributed by atoms with Crippen LogP contribution in [0.25, 0.3) is 0 Å². The third-order valence-corrected chi connectivity index (χ3v) is 9.43. The van der Waals surface area contributed by atoms with Crippen molar-refractivity contribution in [1.82, 2.24) is 0 Å². The van der Waals surface area contributed by atoms with Crippen LogP contribution in [0, 0.1) is 12.8 Å². The van der Waals surface area contributed by atoms with E-state index in [1.54, 1.807) is 24.3 Å². The number of ether oxygens (including phenoxy) is 1. The van der Waals surface area contributed by atoms with Crippen LogP contribution in [0.2, 0.25) is 0 Å². The first-order valence-electron chi connectivity index (χ1n) is 14.2. The number of fused-ring (bicyclic) bond motifs is 1. The Bertz CT molecular complexity index is 1680. The van der Waals surface area contributed by atoms with Crippen molar-refractivity contribution in [1.29, 1.82) is 0 Å². The maximum Gasteiger partial charge on any atom is 0.138 e. The molecule has 0 aromatic heterocycles. The Morgan fingerprint density at radius 2 is 1.24 bits per heavy atom. The van der Waals surface area contributed by atoms with Crippen molar-refractivity contribution in [3.63, 3.8) is 0 Å². The SMILES string of the molecule is CCC1(C)c2cc(Cc3cc(Cc4ccc(O)cc4O)c(O)cc3O)c(O)cc2OC(C)(c2ccc(C)cc2O)C1C. The van der Waals surface area contributed by atoms with Gasteiger partial charge in [-0.25, -0.2) is 0 Å². The molecule has 1 aliphatic heterocycles. The number of aryl methyl sites for hydroxylation is 1. The van der Waals surface area contributed by atoms with Gasteiger partial charge in [-0.05, 0) is 72.4 Å². The van der Waals surface area contributed by atoms with Crippen LogP contribution in [0.4, 0.5) is 0 Å². The lowest BCUT2D eigenvalue weighted by molar-refractivity contribution is -0.0329. The molecule has 1 aliphatic rings. The van der Waals surface area contributed by atoms with Crippen LogP contribution in [-0.2, 0) is 23.9 Å². The second kappa shape index (κ2) is 10.4. The van der Waals surface area contributed by atoms with E-state index in [2.05, 4.69) is 20.8 Å². The Morgan fingerprint density at radius 3 is 1.86 bits per heavy atom. The molecule has 0 spiro atoms. The van der Waals surface area contributed by atoms with Crippen LogP contribution < -0.4 is 4.74 Å². The summed E-state index contributed by atoms with van der Waals surface area (Å²) in [7, 11) is 0. The lowest BCUT2D eigenvalue weighted by atomic mass is 9.61. The van der Waals surface area contributed by atoms with Crippen molar-refractivity contribution >= 4 is 0 Å². The highest BCUT2D eigenvalue weighted by atomic mass is 16.5. The summed E-state index contributed by atoms with van der Waals surface area (Å²) in [6.45, 7) is 10.3. The zero-order chi connectivity index (χ0) is 30.6. The van der Waals surface area contributed by atoms with E-state index >= 15 is 0 Å². The fourth-order valence-electron chi connectivity index (χ4n) is 6.36. The van der Waals surface area contributed by atoms with Gasteiger partial charge in [0.2, 0.25) is 0 Å². The van der Waals surface area contributed by atoms with Gasteiger partial charge in [-0.1, -0.05) is 39.0 Å². The van der Waals surface area contributed by atoms with Gasteiger partial charge in [-0.2, -0.15) is 0 Å². The fourth-order valence-corrected chi connectivity index (χ4v) is 6.36. The summed E-state index contributed by atoms with van der Waals surface area (Å²) in [6, 6.07) is 16.3. The van der Waals surface area contributed by atoms with Gasteiger partial charge >= 0.3 is 0 Å². The van der Waals surface area contributed by atoms with Crippen molar-refractivity contribution in [2.75, 3.05) is 0 Å². The first-order chi connectivity index (χ1) is 19.8. The first kappa shape index (κ1) is 29.0. The Hall–Kier alpha value is -4.52. The largest absolute Gasteiger partial charge is 0.508 e. The van der Waals surface area contributed by atoms with Gasteiger partial charge in [0, 0.05) is 53.5 Å². The molecule has 42 heavy (non-hydrogen) atoms. The van der Waals surface area contributed by atoms with Crippen LogP contribution in [0.15, 0.2) is 60.7 Å². The number of hydrogen-bond acceptors (Lipinski definition) is 7. The van der Waals surface area contributed by atoms with E-state index in [-0.39, 0.29) is 58.7 Å². The van der Waals surface area contributed by atoms with Crippen molar-refractivity contribution in [2.24, 2.45) is 5.92 Å². The third kappa shape index (κ3) is 4.83. The molecule has 6 N–H and O–H groups in total. The molecule has 0 aliphatic carbocycles. The molecule has 0 bridgehead atoms. The normalized spacial score (nSPS) is 21.5. The molecule has 0 radical (unpaired) electrons. The number of phenols is 6. The summed E-state index contributed by atoms with van der Waals surface area (Å²) in [5.41, 5.74) is 3.41. The molecule has 3 atom stereocenters. The average molecular weight is 571 g/mol. The lowest BCUT2D eigenvalue weighted by Gasteiger charge is -2.51. The number of aromatic hydroxyl groups is 6. The van der Waals surface area contributed by atoms with Crippen LogP contribution in [0.3, 0.4) is 0 Å². The maximum atomic E-state index is 11.2. The highest BCUT2D eigenvalue weighted by Gasteiger charge is 2.52. The molecule has 7 heteroatoms. The molecular formula is C35H38O7. The van der Waals surface area contributed by atoms with Crippen LogP contribution in [0.5, 0.6) is 40.2 Å². The molecule has 7 nitrogen and oxygen atoms in total. The summed E-state index contributed by atoms with van der Waals surface area (Å²) in [6.07, 6.45) is 1.14. The fraction of sp³-hybridized carbons (Fsp3) is 0.314. The monoisotopic (exact) mass is 570 g/mol. The highest BCUT2D eigenvalue weighted by Crippen LogP contribution is 2.56. The average Bonchev–Trinajstić information content (AvgIpc) is 2.92. The number of benzene rings is 4. The summed E-state index contributed by atoms with van der Waals surface area (Å²) in [5.74, 6) is 0.248. The molecule has 4 aromatic rings. The van der Waals surface area contributed by atoms with Crippen molar-refractivity contribution < 1.29 is 35.4 Å². The van der Waals surface area contributed by atoms with E-state index in [4.69, 9.17) is 4.74 Å². The molecule has 0 saturated carbocycles. The summed E-state index contributed by atoms with van der Waals surface area (Å²) in [5, 5.41) is 63.1. The van der Waals surface area contributed by atoms with Gasteiger partial charge in [-0.15, -0.1) is 0 Å². The second-order valence-electron chi connectivity index (χ2n) is 12.0. The Balaban J connectivity index is 1.54. The minimum absolute atomic E-state index is 0.00226. The predicted molar refractivity (Wildman–Crippen MR) is 161 cm³/mol. The van der Waals surface area contributed by atoms with Crippen molar-refractivity contribution in [3.8, 4) is 40.2 Å². The van der Waals surface area contributed by atoms with E-state index in [1.165, 1.54) is 18.2 Å². The van der Waals surface area contributed by atoms with Gasteiger partial charge in [0.05, 0.1) is 0 Å². The smallest absolute Gasteiger partial charge is 0.138 e. The number of hydrogen-bond donors (Lipinski definition) is 6. The number of phenolic OH excluding ortho intramolecular Hbond substituents is 6. The van der Waals surface area contributed by atoms with Gasteiger partial charge in [0.25, 0.3) is 0 Å².